The summed E-state index contributed by atoms with van der Waals surface area (Å²) in [5.74, 6) is 0.0279. The van der Waals surface area contributed by atoms with Gasteiger partial charge in [0.25, 0.3) is 10.2 Å². The van der Waals surface area contributed by atoms with E-state index in [4.69, 9.17) is 5.73 Å². The van der Waals surface area contributed by atoms with Gasteiger partial charge in [0, 0.05) is 12.2 Å². The van der Waals surface area contributed by atoms with Gasteiger partial charge in [-0.25, -0.2) is 0 Å². The molecular weight excluding hydrogens is 295 g/mol. The van der Waals surface area contributed by atoms with Crippen LogP contribution < -0.4 is 15.2 Å². The number of anilines is 2. The highest BCUT2D eigenvalue weighted by Crippen LogP contribution is 2.36. The van der Waals surface area contributed by atoms with Crippen molar-refractivity contribution in [2.45, 2.75) is 20.0 Å². The Morgan fingerprint density at radius 1 is 1.30 bits per heavy atom. The van der Waals surface area contributed by atoms with Gasteiger partial charge in [-0.05, 0) is 24.1 Å². The van der Waals surface area contributed by atoms with Crippen molar-refractivity contribution in [2.24, 2.45) is 5.92 Å². The lowest BCUT2D eigenvalue weighted by molar-refractivity contribution is -0.136. The maximum atomic E-state index is 12.8. The Balaban J connectivity index is 3.04. The number of benzene rings is 1. The minimum Gasteiger partial charge on any atom is -0.399 e. The molecule has 0 heterocycles. The summed E-state index contributed by atoms with van der Waals surface area (Å²) in [6.07, 6.45) is -4.70. The van der Waals surface area contributed by atoms with Gasteiger partial charge in [0.05, 0.1) is 11.3 Å². The van der Waals surface area contributed by atoms with Gasteiger partial charge in [-0.1, -0.05) is 13.8 Å². The van der Waals surface area contributed by atoms with Crippen LogP contribution in [0.25, 0.3) is 0 Å². The molecule has 0 unspecified atom stereocenters. The Kier molecular flexibility index (Phi) is 4.87. The van der Waals surface area contributed by atoms with Crippen LogP contribution in [0, 0.1) is 5.92 Å². The van der Waals surface area contributed by atoms with Crippen molar-refractivity contribution >= 4 is 21.6 Å². The van der Waals surface area contributed by atoms with Crippen molar-refractivity contribution in [3.63, 3.8) is 0 Å². The van der Waals surface area contributed by atoms with Gasteiger partial charge in [-0.15, -0.1) is 0 Å². The molecule has 1 rings (SSSR count). The summed E-state index contributed by atoms with van der Waals surface area (Å²) < 4.78 is 65.7. The van der Waals surface area contributed by atoms with Crippen molar-refractivity contribution in [1.29, 1.82) is 0 Å². The minimum absolute atomic E-state index is 0.0279. The molecule has 0 aliphatic rings. The smallest absolute Gasteiger partial charge is 0.399 e. The zero-order valence-electron chi connectivity index (χ0n) is 11.0. The molecule has 0 aliphatic carbocycles. The lowest BCUT2D eigenvalue weighted by Crippen LogP contribution is -2.33. The van der Waals surface area contributed by atoms with E-state index in [0.717, 1.165) is 6.07 Å². The Morgan fingerprint density at radius 3 is 2.40 bits per heavy atom. The van der Waals surface area contributed by atoms with Crippen LogP contribution >= 0.6 is 0 Å². The highest BCUT2D eigenvalue weighted by Gasteiger charge is 2.34. The van der Waals surface area contributed by atoms with Crippen molar-refractivity contribution in [1.82, 2.24) is 4.72 Å². The van der Waals surface area contributed by atoms with E-state index in [1.54, 1.807) is 13.8 Å². The third kappa shape index (κ3) is 4.89. The first-order chi connectivity index (χ1) is 9.01. The highest BCUT2D eigenvalue weighted by molar-refractivity contribution is 7.90. The average molecular weight is 311 g/mol. The molecular formula is C11H16F3N3O2S. The Morgan fingerprint density at radius 2 is 1.90 bits per heavy atom. The number of rotatable bonds is 5. The molecule has 1 aromatic rings. The molecule has 20 heavy (non-hydrogen) atoms. The van der Waals surface area contributed by atoms with Gasteiger partial charge >= 0.3 is 6.18 Å². The Labute approximate surface area is 115 Å². The fourth-order valence-electron chi connectivity index (χ4n) is 1.34. The standard InChI is InChI=1S/C11H16F3N3O2S/c1-7(2)6-16-20(18,19)17-10-4-3-8(15)5-9(10)11(12,13)14/h3-5,7,16-17H,6,15H2,1-2H3. The van der Waals surface area contributed by atoms with Crippen molar-refractivity contribution in [3.8, 4) is 0 Å². The fourth-order valence-corrected chi connectivity index (χ4v) is 2.44. The number of nitrogens with two attached hydrogens (primary N) is 1. The summed E-state index contributed by atoms with van der Waals surface area (Å²) in [4.78, 5) is 0. The van der Waals surface area contributed by atoms with Gasteiger partial charge in [-0.2, -0.15) is 26.3 Å². The molecule has 114 valence electrons. The molecule has 0 spiro atoms. The topological polar surface area (TPSA) is 84.2 Å². The third-order valence-corrected chi connectivity index (χ3v) is 3.31. The molecule has 0 saturated carbocycles. The van der Waals surface area contributed by atoms with Gasteiger partial charge < -0.3 is 5.73 Å². The highest BCUT2D eigenvalue weighted by atomic mass is 32.2. The molecule has 0 fully saturated rings. The normalized spacial score (nSPS) is 12.7. The van der Waals surface area contributed by atoms with E-state index in [1.807, 2.05) is 4.72 Å². The van der Waals surface area contributed by atoms with Gasteiger partial charge in [0.2, 0.25) is 0 Å². The monoisotopic (exact) mass is 311 g/mol. The van der Waals surface area contributed by atoms with Crippen molar-refractivity contribution < 1.29 is 21.6 Å². The average Bonchev–Trinajstić information content (AvgIpc) is 2.27. The van der Waals surface area contributed by atoms with E-state index in [1.165, 1.54) is 6.07 Å². The second kappa shape index (κ2) is 5.88. The summed E-state index contributed by atoms with van der Waals surface area (Å²) in [7, 11) is -4.07. The second-order valence-electron chi connectivity index (χ2n) is 4.65. The largest absolute Gasteiger partial charge is 0.418 e. The number of nitrogen functional groups attached to an aromatic ring is 1. The first kappa shape index (κ1) is 16.6. The molecule has 9 heteroatoms. The predicted octanol–water partition coefficient (Wildman–Crippen LogP) is 2.19. The first-order valence-corrected chi connectivity index (χ1v) is 7.23. The molecule has 1 aromatic carbocycles. The lowest BCUT2D eigenvalue weighted by Gasteiger charge is -2.16. The van der Waals surface area contributed by atoms with Crippen LogP contribution in [-0.4, -0.2) is 15.0 Å². The van der Waals surface area contributed by atoms with Crippen LogP contribution in [0.4, 0.5) is 24.5 Å². The van der Waals surface area contributed by atoms with Gasteiger partial charge in [0.1, 0.15) is 0 Å². The molecule has 0 bridgehead atoms. The maximum absolute atomic E-state index is 12.8. The maximum Gasteiger partial charge on any atom is 0.418 e. The van der Waals surface area contributed by atoms with Gasteiger partial charge in [0.15, 0.2) is 0 Å². The fraction of sp³-hybridized carbons (Fsp3) is 0.455. The second-order valence-corrected chi connectivity index (χ2v) is 6.15. The lowest BCUT2D eigenvalue weighted by atomic mass is 10.1. The van der Waals surface area contributed by atoms with E-state index in [0.29, 0.717) is 6.07 Å². The minimum atomic E-state index is -4.70. The van der Waals surface area contributed by atoms with E-state index in [9.17, 15) is 21.6 Å². The Hall–Kier alpha value is -1.48. The van der Waals surface area contributed by atoms with E-state index in [-0.39, 0.29) is 18.2 Å². The van der Waals surface area contributed by atoms with Crippen LogP contribution in [0.1, 0.15) is 19.4 Å². The van der Waals surface area contributed by atoms with Crippen molar-refractivity contribution in [2.75, 3.05) is 17.0 Å². The number of alkyl halides is 3. The molecule has 0 saturated heterocycles. The summed E-state index contributed by atoms with van der Waals surface area (Å²) in [6, 6.07) is 2.85. The number of hydrogen-bond donors (Lipinski definition) is 3. The van der Waals surface area contributed by atoms with Gasteiger partial charge in [-0.3, -0.25) is 4.72 Å². The molecule has 0 aromatic heterocycles. The molecule has 0 amide bonds. The summed E-state index contributed by atoms with van der Waals surface area (Å²) in [5, 5.41) is 0. The first-order valence-electron chi connectivity index (χ1n) is 5.75. The molecule has 4 N–H and O–H groups in total. The number of hydrogen-bond acceptors (Lipinski definition) is 3. The summed E-state index contributed by atoms with van der Waals surface area (Å²) >= 11 is 0. The third-order valence-electron chi connectivity index (χ3n) is 2.27. The summed E-state index contributed by atoms with van der Waals surface area (Å²) in [5.41, 5.74) is 3.49. The zero-order chi connectivity index (χ0) is 15.6. The van der Waals surface area contributed by atoms with Crippen LogP contribution in [0.5, 0.6) is 0 Å². The van der Waals surface area contributed by atoms with Crippen LogP contribution in [0.3, 0.4) is 0 Å². The van der Waals surface area contributed by atoms with Crippen LogP contribution in [-0.2, 0) is 16.4 Å². The molecule has 0 atom stereocenters. The number of nitrogens with one attached hydrogen (secondary N) is 2. The Bertz CT molecular complexity index is 571. The van der Waals surface area contributed by atoms with E-state index in [2.05, 4.69) is 4.72 Å². The quantitative estimate of drug-likeness (QED) is 0.729. The SMILES string of the molecule is CC(C)CNS(=O)(=O)Nc1ccc(N)cc1C(F)(F)F. The molecule has 0 aliphatic heterocycles. The van der Waals surface area contributed by atoms with E-state index < -0.39 is 27.6 Å². The van der Waals surface area contributed by atoms with E-state index >= 15 is 0 Å². The molecule has 0 radical (unpaired) electrons. The summed E-state index contributed by atoms with van der Waals surface area (Å²) in [6.45, 7) is 3.66. The van der Waals surface area contributed by atoms with Crippen molar-refractivity contribution in [3.05, 3.63) is 23.8 Å². The molecule has 5 nitrogen and oxygen atoms in total. The van der Waals surface area contributed by atoms with Crippen LogP contribution in [0.15, 0.2) is 18.2 Å². The predicted molar refractivity (Wildman–Crippen MR) is 71.2 cm³/mol. The number of halogens is 3. The van der Waals surface area contributed by atoms with Crippen LogP contribution in [0.2, 0.25) is 0 Å². The zero-order valence-corrected chi connectivity index (χ0v) is 11.8.